The largest absolute Gasteiger partial charge is 0.394 e. The number of nitrogens with two attached hydrogens (primary N) is 1. The highest BCUT2D eigenvalue weighted by Gasteiger charge is 2.32. The first kappa shape index (κ1) is 31.5. The van der Waals surface area contributed by atoms with E-state index >= 15 is 0 Å². The van der Waals surface area contributed by atoms with Gasteiger partial charge in [-0.15, -0.1) is 0 Å². The molecule has 12 heteroatoms. The number of hydrogen-bond acceptors (Lipinski definition) is 6. The monoisotopic (exact) mass is 552 g/mol. The maximum atomic E-state index is 13.1. The van der Waals surface area contributed by atoms with Crippen molar-refractivity contribution in [2.45, 2.75) is 70.2 Å². The van der Waals surface area contributed by atoms with Crippen molar-refractivity contribution in [1.82, 2.24) is 19.8 Å². The normalized spacial score (nSPS) is 21.1. The summed E-state index contributed by atoms with van der Waals surface area (Å²) < 4.78 is 27.9. The number of benzene rings is 1. The molecule has 0 saturated carbocycles. The fourth-order valence-corrected chi connectivity index (χ4v) is 6.29. The SMILES string of the molecule is CC.N=C(N)N1CCCC(C[C@@H](CO)NC(=O)CN2CCCC[C@H](NS(=O)(=O)Cc3ccccc3)C2=O)C1. The highest BCUT2D eigenvalue weighted by molar-refractivity contribution is 7.88. The number of nitrogens with one attached hydrogen (secondary N) is 3. The molecule has 2 amide bonds. The molecule has 0 radical (unpaired) electrons. The number of rotatable bonds is 10. The molecule has 2 heterocycles. The van der Waals surface area contributed by atoms with Crippen molar-refractivity contribution in [2.24, 2.45) is 11.7 Å². The van der Waals surface area contributed by atoms with Gasteiger partial charge in [-0.25, -0.2) is 13.1 Å². The lowest BCUT2D eigenvalue weighted by molar-refractivity contribution is -0.137. The van der Waals surface area contributed by atoms with Crippen molar-refractivity contribution in [3.8, 4) is 0 Å². The van der Waals surface area contributed by atoms with Crippen LogP contribution in [0.3, 0.4) is 0 Å². The summed E-state index contributed by atoms with van der Waals surface area (Å²) in [5.41, 5.74) is 6.23. The second kappa shape index (κ2) is 15.6. The van der Waals surface area contributed by atoms with Gasteiger partial charge in [0.05, 0.1) is 24.9 Å². The summed E-state index contributed by atoms with van der Waals surface area (Å²) in [4.78, 5) is 29.1. The Morgan fingerprint density at radius 1 is 1.16 bits per heavy atom. The number of carbonyl (C=O) groups is 2. The van der Waals surface area contributed by atoms with E-state index in [1.165, 1.54) is 4.90 Å². The fraction of sp³-hybridized carbons (Fsp3) is 0.654. The van der Waals surface area contributed by atoms with Crippen LogP contribution >= 0.6 is 0 Å². The molecule has 38 heavy (non-hydrogen) atoms. The van der Waals surface area contributed by atoms with Crippen LogP contribution in [0.25, 0.3) is 0 Å². The van der Waals surface area contributed by atoms with Crippen molar-refractivity contribution in [3.05, 3.63) is 35.9 Å². The molecule has 11 nitrogen and oxygen atoms in total. The number of likely N-dealkylation sites (tertiary alicyclic amines) is 2. The van der Waals surface area contributed by atoms with Gasteiger partial charge in [0.1, 0.15) is 6.04 Å². The Morgan fingerprint density at radius 3 is 2.53 bits per heavy atom. The van der Waals surface area contributed by atoms with Crippen molar-refractivity contribution in [3.63, 3.8) is 0 Å². The predicted octanol–water partition coefficient (Wildman–Crippen LogP) is 0.986. The molecule has 1 unspecified atom stereocenters. The van der Waals surface area contributed by atoms with Crippen LogP contribution in [0.15, 0.2) is 30.3 Å². The minimum Gasteiger partial charge on any atom is -0.394 e. The number of aliphatic hydroxyl groups excluding tert-OH is 1. The van der Waals surface area contributed by atoms with E-state index in [-0.39, 0.29) is 30.8 Å². The Bertz CT molecular complexity index is 1010. The van der Waals surface area contributed by atoms with Gasteiger partial charge in [-0.1, -0.05) is 44.2 Å². The van der Waals surface area contributed by atoms with Gasteiger partial charge in [-0.3, -0.25) is 15.0 Å². The molecule has 0 bridgehead atoms. The molecule has 0 aromatic heterocycles. The first-order valence-electron chi connectivity index (χ1n) is 13.5. The van der Waals surface area contributed by atoms with Crippen molar-refractivity contribution in [2.75, 3.05) is 32.8 Å². The summed E-state index contributed by atoms with van der Waals surface area (Å²) in [6, 6.07) is 7.36. The summed E-state index contributed by atoms with van der Waals surface area (Å²) in [6.07, 6.45) is 4.06. The zero-order chi connectivity index (χ0) is 28.1. The fourth-order valence-electron chi connectivity index (χ4n) is 4.93. The number of guanidine groups is 1. The molecular formula is C26H44N6O5S. The van der Waals surface area contributed by atoms with Crippen LogP contribution in [-0.2, 0) is 25.4 Å². The maximum absolute atomic E-state index is 13.1. The highest BCUT2D eigenvalue weighted by Crippen LogP contribution is 2.21. The van der Waals surface area contributed by atoms with Crippen molar-refractivity contribution in [1.29, 1.82) is 5.41 Å². The Hall–Kier alpha value is -2.70. The number of amides is 2. The van der Waals surface area contributed by atoms with Crippen molar-refractivity contribution < 1.29 is 23.1 Å². The molecule has 2 aliphatic rings. The molecule has 214 valence electrons. The summed E-state index contributed by atoms with van der Waals surface area (Å²) in [6.45, 7) is 5.27. The average molecular weight is 553 g/mol. The highest BCUT2D eigenvalue weighted by atomic mass is 32.2. The average Bonchev–Trinajstić information content (AvgIpc) is 3.06. The van der Waals surface area contributed by atoms with Gasteiger partial charge in [0.25, 0.3) is 0 Å². The van der Waals surface area contributed by atoms with E-state index < -0.39 is 33.9 Å². The van der Waals surface area contributed by atoms with Gasteiger partial charge < -0.3 is 26.0 Å². The topological polar surface area (TPSA) is 169 Å². The van der Waals surface area contributed by atoms with Gasteiger partial charge in [0.2, 0.25) is 21.8 Å². The van der Waals surface area contributed by atoms with Crippen LogP contribution in [0.1, 0.15) is 57.9 Å². The molecule has 2 fully saturated rings. The molecule has 0 spiro atoms. The van der Waals surface area contributed by atoms with Gasteiger partial charge in [0.15, 0.2) is 5.96 Å². The molecule has 2 aliphatic heterocycles. The number of sulfonamides is 1. The van der Waals surface area contributed by atoms with E-state index in [2.05, 4.69) is 10.0 Å². The molecular weight excluding hydrogens is 508 g/mol. The van der Waals surface area contributed by atoms with Crippen LogP contribution in [-0.4, -0.2) is 86.0 Å². The first-order chi connectivity index (χ1) is 18.2. The van der Waals surface area contributed by atoms with Crippen LogP contribution in [0.4, 0.5) is 0 Å². The van der Waals surface area contributed by atoms with Crippen LogP contribution in [0, 0.1) is 11.3 Å². The Morgan fingerprint density at radius 2 is 1.87 bits per heavy atom. The van der Waals surface area contributed by atoms with E-state index in [0.29, 0.717) is 44.3 Å². The smallest absolute Gasteiger partial charge is 0.241 e. The van der Waals surface area contributed by atoms with E-state index in [1.54, 1.807) is 35.2 Å². The number of piperidine rings is 1. The third-order valence-electron chi connectivity index (χ3n) is 6.70. The van der Waals surface area contributed by atoms with Gasteiger partial charge >= 0.3 is 0 Å². The summed E-state index contributed by atoms with van der Waals surface area (Å²) in [5.74, 6) is -0.821. The number of aliphatic hydroxyl groups is 1. The Kier molecular flexibility index (Phi) is 13.0. The van der Waals surface area contributed by atoms with Crippen LogP contribution < -0.4 is 15.8 Å². The van der Waals surface area contributed by atoms with Gasteiger partial charge in [-0.05, 0) is 50.0 Å². The predicted molar refractivity (Wildman–Crippen MR) is 148 cm³/mol. The van der Waals surface area contributed by atoms with Crippen LogP contribution in [0.2, 0.25) is 0 Å². The second-order valence-corrected chi connectivity index (χ2v) is 11.4. The van der Waals surface area contributed by atoms with E-state index in [0.717, 1.165) is 19.4 Å². The standard InChI is InChI=1S/C24H38N6O5S.C2H6/c25-24(26)30-12-6-9-19(14-30)13-20(16-31)27-22(32)15-29-11-5-4-10-21(23(29)33)28-36(34,35)17-18-7-2-1-3-8-18;1-2/h1-3,7-8,19-21,28,31H,4-6,9-17H2,(H3,25,26)(H,27,32);1-2H3/t19?,20-,21-;/m0./s1. The first-order valence-corrected chi connectivity index (χ1v) is 15.1. The zero-order valence-corrected chi connectivity index (χ0v) is 23.4. The van der Waals surface area contributed by atoms with Gasteiger partial charge in [-0.2, -0.15) is 0 Å². The summed E-state index contributed by atoms with van der Waals surface area (Å²) in [7, 11) is -3.74. The number of nitrogens with zero attached hydrogens (tertiary/aromatic N) is 2. The molecule has 3 rings (SSSR count). The molecule has 1 aromatic carbocycles. The van der Waals surface area contributed by atoms with E-state index in [1.807, 2.05) is 13.8 Å². The number of carbonyl (C=O) groups excluding carboxylic acids is 2. The molecule has 2 saturated heterocycles. The summed E-state index contributed by atoms with van der Waals surface area (Å²) in [5, 5.41) is 20.3. The molecule has 0 aliphatic carbocycles. The Labute approximate surface area is 226 Å². The van der Waals surface area contributed by atoms with Crippen LogP contribution in [0.5, 0.6) is 0 Å². The summed E-state index contributed by atoms with van der Waals surface area (Å²) >= 11 is 0. The third-order valence-corrected chi connectivity index (χ3v) is 8.06. The molecule has 6 N–H and O–H groups in total. The second-order valence-electron chi connectivity index (χ2n) is 9.69. The molecule has 1 aromatic rings. The van der Waals surface area contributed by atoms with Gasteiger partial charge in [0, 0.05) is 19.6 Å². The minimum atomic E-state index is -3.74. The minimum absolute atomic E-state index is 0.0258. The lowest BCUT2D eigenvalue weighted by Gasteiger charge is -2.34. The molecule has 3 atom stereocenters. The Balaban J connectivity index is 0.00000247. The zero-order valence-electron chi connectivity index (χ0n) is 22.6. The lowest BCUT2D eigenvalue weighted by Crippen LogP contribution is -2.52. The quantitative estimate of drug-likeness (QED) is 0.213. The number of hydrogen-bond donors (Lipinski definition) is 5. The third kappa shape index (κ3) is 10.2. The van der Waals surface area contributed by atoms with Crippen molar-refractivity contribution >= 4 is 27.8 Å². The maximum Gasteiger partial charge on any atom is 0.241 e. The van der Waals surface area contributed by atoms with E-state index in [4.69, 9.17) is 11.1 Å². The lowest BCUT2D eigenvalue weighted by atomic mass is 9.91. The van der Waals surface area contributed by atoms with E-state index in [9.17, 15) is 23.1 Å².